The molecule has 0 fully saturated rings. The predicted molar refractivity (Wildman–Crippen MR) is 145 cm³/mol. The Morgan fingerprint density at radius 2 is 1.65 bits per heavy atom. The molecule has 0 bridgehead atoms. The maximum atomic E-state index is 13.7. The van der Waals surface area contributed by atoms with Gasteiger partial charge in [0.25, 0.3) is 10.0 Å². The lowest BCUT2D eigenvalue weighted by molar-refractivity contribution is -0.139. The summed E-state index contributed by atoms with van der Waals surface area (Å²) >= 11 is 5.76. The number of anilines is 1. The van der Waals surface area contributed by atoms with Gasteiger partial charge in [-0.05, 0) is 55.0 Å². The minimum atomic E-state index is -4.88. The van der Waals surface area contributed by atoms with Crippen LogP contribution in [0.1, 0.15) is 18.1 Å². The highest BCUT2D eigenvalue weighted by atomic mass is 35.5. The van der Waals surface area contributed by atoms with E-state index in [-0.39, 0.29) is 11.4 Å². The van der Waals surface area contributed by atoms with Crippen LogP contribution < -0.4 is 14.4 Å². The summed E-state index contributed by atoms with van der Waals surface area (Å²) in [4.78, 5) is 27.1. The van der Waals surface area contributed by atoms with Gasteiger partial charge in [0.05, 0.1) is 28.3 Å². The van der Waals surface area contributed by atoms with E-state index < -0.39 is 56.9 Å². The molecule has 8 nitrogen and oxygen atoms in total. The number of carbonyl (C=O) groups excluding carboxylic acids is 2. The highest BCUT2D eigenvalue weighted by Gasteiger charge is 2.36. The summed E-state index contributed by atoms with van der Waals surface area (Å²) in [6.45, 7) is 0.471. The number of methoxy groups -OCH3 is 1. The Morgan fingerprint density at radius 3 is 2.20 bits per heavy atom. The standard InChI is InChI=1S/C27H27ClF3N3O5S/c1-18(26(36)32-2)33(16-19-9-12-21(39-3)13-10-19)25(35)17-34(40(37,38)22-7-5-4-6-8-22)20-11-14-24(28)23(15-20)27(29,30)31/h4-15,18H,16-17H2,1-3H3,(H,32,36)/t18-/m0/s1. The van der Waals surface area contributed by atoms with E-state index in [1.807, 2.05) is 0 Å². The second kappa shape index (κ2) is 12.6. The van der Waals surface area contributed by atoms with Crippen molar-refractivity contribution in [2.45, 2.75) is 30.6 Å². The van der Waals surface area contributed by atoms with Crippen LogP contribution in [0.5, 0.6) is 5.75 Å². The first-order valence-corrected chi connectivity index (χ1v) is 13.7. The van der Waals surface area contributed by atoms with Crippen molar-refractivity contribution in [3.8, 4) is 5.75 Å². The summed E-state index contributed by atoms with van der Waals surface area (Å²) in [5.41, 5.74) is -1.08. The third-order valence-corrected chi connectivity index (χ3v) is 8.20. The summed E-state index contributed by atoms with van der Waals surface area (Å²) in [6, 6.07) is 15.2. The molecule has 0 aromatic heterocycles. The number of nitrogens with zero attached hydrogens (tertiary/aromatic N) is 2. The molecule has 1 N–H and O–H groups in total. The van der Waals surface area contributed by atoms with Crippen LogP contribution in [0.3, 0.4) is 0 Å². The zero-order chi connectivity index (χ0) is 29.7. The molecule has 0 aliphatic heterocycles. The number of amides is 2. The second-order valence-electron chi connectivity index (χ2n) is 8.65. The van der Waals surface area contributed by atoms with Crippen LogP contribution in [0.15, 0.2) is 77.7 Å². The lowest BCUT2D eigenvalue weighted by atomic mass is 10.1. The van der Waals surface area contributed by atoms with Crippen molar-refractivity contribution in [1.29, 1.82) is 0 Å². The first kappa shape index (κ1) is 30.8. The van der Waals surface area contributed by atoms with Gasteiger partial charge in [0.1, 0.15) is 18.3 Å². The average Bonchev–Trinajstić information content (AvgIpc) is 2.94. The molecule has 40 heavy (non-hydrogen) atoms. The SMILES string of the molecule is CNC(=O)[C@H](C)N(Cc1ccc(OC)cc1)C(=O)CN(c1ccc(Cl)c(C(F)(F)F)c1)S(=O)(=O)c1ccccc1. The zero-order valence-corrected chi connectivity index (χ0v) is 23.3. The van der Waals surface area contributed by atoms with Gasteiger partial charge in [-0.25, -0.2) is 8.42 Å². The van der Waals surface area contributed by atoms with Gasteiger partial charge >= 0.3 is 6.18 Å². The first-order chi connectivity index (χ1) is 18.8. The lowest BCUT2D eigenvalue weighted by Gasteiger charge is -2.32. The Morgan fingerprint density at radius 1 is 1.02 bits per heavy atom. The van der Waals surface area contributed by atoms with E-state index in [1.54, 1.807) is 30.3 Å². The number of alkyl halides is 3. The van der Waals surface area contributed by atoms with E-state index in [0.717, 1.165) is 17.0 Å². The third-order valence-electron chi connectivity index (χ3n) is 6.08. The van der Waals surface area contributed by atoms with Crippen LogP contribution in [0.2, 0.25) is 5.02 Å². The number of ether oxygens (including phenoxy) is 1. The molecule has 0 saturated carbocycles. The smallest absolute Gasteiger partial charge is 0.417 e. The maximum Gasteiger partial charge on any atom is 0.417 e. The van der Waals surface area contributed by atoms with Gasteiger partial charge in [0.15, 0.2) is 0 Å². The molecule has 0 heterocycles. The molecule has 3 rings (SSSR count). The monoisotopic (exact) mass is 597 g/mol. The van der Waals surface area contributed by atoms with Crippen LogP contribution in [0, 0.1) is 0 Å². The van der Waals surface area contributed by atoms with Gasteiger partial charge in [-0.2, -0.15) is 13.2 Å². The number of likely N-dealkylation sites (N-methyl/N-ethyl adjacent to an activating group) is 1. The number of sulfonamides is 1. The molecule has 0 unspecified atom stereocenters. The fourth-order valence-electron chi connectivity index (χ4n) is 3.85. The Kier molecular flexibility index (Phi) is 9.69. The van der Waals surface area contributed by atoms with Gasteiger partial charge in [0.2, 0.25) is 11.8 Å². The fourth-order valence-corrected chi connectivity index (χ4v) is 5.50. The average molecular weight is 598 g/mol. The van der Waals surface area contributed by atoms with Gasteiger partial charge in [0, 0.05) is 13.6 Å². The first-order valence-electron chi connectivity index (χ1n) is 11.9. The topological polar surface area (TPSA) is 96.0 Å². The molecule has 214 valence electrons. The van der Waals surface area contributed by atoms with Gasteiger partial charge in [-0.1, -0.05) is 41.9 Å². The van der Waals surface area contributed by atoms with Crippen molar-refractivity contribution in [2.75, 3.05) is 25.0 Å². The van der Waals surface area contributed by atoms with Crippen LogP contribution in [-0.2, 0) is 32.3 Å². The number of nitrogens with one attached hydrogen (secondary N) is 1. The number of benzene rings is 3. The van der Waals surface area contributed by atoms with Crippen molar-refractivity contribution in [3.63, 3.8) is 0 Å². The number of hydrogen-bond donors (Lipinski definition) is 1. The highest BCUT2D eigenvalue weighted by molar-refractivity contribution is 7.92. The van der Waals surface area contributed by atoms with Crippen LogP contribution >= 0.6 is 11.6 Å². The van der Waals surface area contributed by atoms with E-state index in [9.17, 15) is 31.2 Å². The van der Waals surface area contributed by atoms with Gasteiger partial charge in [-0.15, -0.1) is 0 Å². The zero-order valence-electron chi connectivity index (χ0n) is 21.8. The molecule has 0 spiro atoms. The highest BCUT2D eigenvalue weighted by Crippen LogP contribution is 2.38. The molecule has 0 saturated heterocycles. The second-order valence-corrected chi connectivity index (χ2v) is 10.9. The molecule has 0 aliphatic carbocycles. The number of hydrogen-bond acceptors (Lipinski definition) is 5. The molecule has 3 aromatic rings. The quantitative estimate of drug-likeness (QED) is 0.365. The van der Waals surface area contributed by atoms with Crippen LogP contribution in [0.25, 0.3) is 0 Å². The molecule has 3 aromatic carbocycles. The summed E-state index contributed by atoms with van der Waals surface area (Å²) < 4.78 is 74.0. The van der Waals surface area contributed by atoms with Crippen LogP contribution in [-0.4, -0.2) is 51.9 Å². The Balaban J connectivity index is 2.09. The minimum absolute atomic E-state index is 0.0922. The predicted octanol–water partition coefficient (Wildman–Crippen LogP) is 4.73. The summed E-state index contributed by atoms with van der Waals surface area (Å²) in [7, 11) is -1.66. The number of carbonyl (C=O) groups is 2. The molecule has 0 aliphatic rings. The minimum Gasteiger partial charge on any atom is -0.497 e. The van der Waals surface area contributed by atoms with E-state index in [0.29, 0.717) is 21.7 Å². The normalized spacial score (nSPS) is 12.4. The van der Waals surface area contributed by atoms with Crippen molar-refractivity contribution >= 4 is 39.1 Å². The summed E-state index contributed by atoms with van der Waals surface area (Å²) in [6.07, 6.45) is -4.88. The maximum absolute atomic E-state index is 13.7. The lowest BCUT2D eigenvalue weighted by Crippen LogP contribution is -2.50. The Bertz CT molecular complexity index is 1450. The fraction of sp³-hybridized carbons (Fsp3) is 0.259. The number of halogens is 4. The molecular weight excluding hydrogens is 571 g/mol. The molecule has 13 heteroatoms. The van der Waals surface area contributed by atoms with E-state index in [1.165, 1.54) is 45.3 Å². The molecule has 2 amide bonds. The van der Waals surface area contributed by atoms with Crippen molar-refractivity contribution < 1.29 is 35.9 Å². The molecule has 1 atom stereocenters. The summed E-state index contributed by atoms with van der Waals surface area (Å²) in [5.74, 6) is -0.788. The van der Waals surface area contributed by atoms with Gasteiger partial charge < -0.3 is 15.0 Å². The largest absolute Gasteiger partial charge is 0.497 e. The molecule has 0 radical (unpaired) electrons. The van der Waals surface area contributed by atoms with Crippen LogP contribution in [0.4, 0.5) is 18.9 Å². The Labute approximate surface area is 235 Å². The Hall–Kier alpha value is -3.77. The van der Waals surface area contributed by atoms with Gasteiger partial charge in [-0.3, -0.25) is 13.9 Å². The molecular formula is C27H27ClF3N3O5S. The van der Waals surface area contributed by atoms with Crippen molar-refractivity contribution in [3.05, 3.63) is 88.9 Å². The third kappa shape index (κ3) is 7.05. The summed E-state index contributed by atoms with van der Waals surface area (Å²) in [5, 5.41) is 1.82. The van der Waals surface area contributed by atoms with Crippen molar-refractivity contribution in [2.24, 2.45) is 0 Å². The van der Waals surface area contributed by atoms with E-state index in [4.69, 9.17) is 16.3 Å². The van der Waals surface area contributed by atoms with E-state index in [2.05, 4.69) is 5.32 Å². The van der Waals surface area contributed by atoms with Crippen molar-refractivity contribution in [1.82, 2.24) is 10.2 Å². The number of rotatable bonds is 10. The van der Waals surface area contributed by atoms with E-state index >= 15 is 0 Å².